The molecule has 0 amide bonds. The fourth-order valence-electron chi connectivity index (χ4n) is 2.83. The van der Waals surface area contributed by atoms with Crippen LogP contribution >= 0.6 is 0 Å². The highest BCUT2D eigenvalue weighted by Crippen LogP contribution is 2.28. The molecule has 0 saturated carbocycles. The molecule has 1 aliphatic rings. The molecule has 0 radical (unpaired) electrons. The largest absolute Gasteiger partial charge is 0.348 e. The van der Waals surface area contributed by atoms with E-state index < -0.39 is 0 Å². The van der Waals surface area contributed by atoms with Crippen LogP contribution in [0.15, 0.2) is 42.6 Å². The number of hydrogen-bond donors (Lipinski definition) is 1. The van der Waals surface area contributed by atoms with Crippen LogP contribution in [0.25, 0.3) is 0 Å². The first kappa shape index (κ1) is 14.1. The van der Waals surface area contributed by atoms with E-state index in [0.717, 1.165) is 32.0 Å². The Bertz CT molecular complexity index is 582. The van der Waals surface area contributed by atoms with Gasteiger partial charge in [-0.05, 0) is 29.7 Å². The Hall–Kier alpha value is -1.87. The van der Waals surface area contributed by atoms with E-state index in [4.69, 9.17) is 0 Å². The van der Waals surface area contributed by atoms with E-state index >= 15 is 0 Å². The van der Waals surface area contributed by atoms with Crippen LogP contribution in [0.4, 0.5) is 5.82 Å². The lowest BCUT2D eigenvalue weighted by molar-refractivity contribution is 0.551. The monoisotopic (exact) mass is 281 g/mol. The van der Waals surface area contributed by atoms with Gasteiger partial charge in [0.1, 0.15) is 5.82 Å². The molecule has 0 atom stereocenters. The number of hydrogen-bond acceptors (Lipinski definition) is 3. The zero-order valence-electron chi connectivity index (χ0n) is 12.8. The van der Waals surface area contributed by atoms with Crippen molar-refractivity contribution in [2.45, 2.75) is 33.5 Å². The minimum atomic E-state index is 0.668. The number of pyridine rings is 1. The van der Waals surface area contributed by atoms with E-state index in [9.17, 15) is 0 Å². The summed E-state index contributed by atoms with van der Waals surface area (Å²) < 4.78 is 0. The summed E-state index contributed by atoms with van der Waals surface area (Å²) in [7, 11) is 0. The predicted octanol–water partition coefficient (Wildman–Crippen LogP) is 3.35. The van der Waals surface area contributed by atoms with Gasteiger partial charge in [0.2, 0.25) is 0 Å². The van der Waals surface area contributed by atoms with Crippen LogP contribution in [0.2, 0.25) is 0 Å². The van der Waals surface area contributed by atoms with Gasteiger partial charge in [-0.2, -0.15) is 0 Å². The second-order valence-corrected chi connectivity index (χ2v) is 6.14. The van der Waals surface area contributed by atoms with Gasteiger partial charge in [0.05, 0.1) is 0 Å². The first-order valence-corrected chi connectivity index (χ1v) is 7.70. The molecule has 0 bridgehead atoms. The Morgan fingerprint density at radius 2 is 1.81 bits per heavy atom. The summed E-state index contributed by atoms with van der Waals surface area (Å²) in [6, 6.07) is 12.9. The van der Waals surface area contributed by atoms with E-state index in [0.29, 0.717) is 5.92 Å². The quantitative estimate of drug-likeness (QED) is 0.911. The molecular formula is C18H23N3. The van der Waals surface area contributed by atoms with Crippen molar-refractivity contribution in [2.75, 3.05) is 11.4 Å². The van der Waals surface area contributed by atoms with Crippen molar-refractivity contribution in [3.8, 4) is 0 Å². The van der Waals surface area contributed by atoms with Crippen LogP contribution < -0.4 is 10.2 Å². The lowest BCUT2D eigenvalue weighted by Crippen LogP contribution is -2.23. The van der Waals surface area contributed by atoms with Crippen molar-refractivity contribution >= 4 is 5.82 Å². The van der Waals surface area contributed by atoms with Gasteiger partial charge >= 0.3 is 0 Å². The number of nitrogens with zero attached hydrogens (tertiary/aromatic N) is 2. The summed E-state index contributed by atoms with van der Waals surface area (Å²) in [4.78, 5) is 7.00. The molecule has 2 heterocycles. The van der Waals surface area contributed by atoms with Crippen molar-refractivity contribution in [1.29, 1.82) is 0 Å². The molecule has 0 unspecified atom stereocenters. The maximum absolute atomic E-state index is 4.63. The highest BCUT2D eigenvalue weighted by atomic mass is 15.2. The van der Waals surface area contributed by atoms with Gasteiger partial charge in [-0.1, -0.05) is 44.2 Å². The zero-order chi connectivity index (χ0) is 14.7. The Morgan fingerprint density at radius 3 is 2.48 bits per heavy atom. The number of fused-ring (bicyclic) bond motifs is 1. The SMILES string of the molecule is CC(C)CNCc1cccnc1N1Cc2ccccc2C1. The van der Waals surface area contributed by atoms with Gasteiger partial charge in [0.15, 0.2) is 0 Å². The Balaban J connectivity index is 1.74. The van der Waals surface area contributed by atoms with Crippen LogP contribution in [0.5, 0.6) is 0 Å². The average Bonchev–Trinajstić information content (AvgIpc) is 2.91. The topological polar surface area (TPSA) is 28.2 Å². The smallest absolute Gasteiger partial charge is 0.133 e. The van der Waals surface area contributed by atoms with Crippen LogP contribution in [-0.4, -0.2) is 11.5 Å². The van der Waals surface area contributed by atoms with Crippen LogP contribution in [0.3, 0.4) is 0 Å². The summed E-state index contributed by atoms with van der Waals surface area (Å²) in [5, 5.41) is 3.52. The van der Waals surface area contributed by atoms with Crippen LogP contribution in [0, 0.1) is 5.92 Å². The Morgan fingerprint density at radius 1 is 1.10 bits per heavy atom. The summed E-state index contributed by atoms with van der Waals surface area (Å²) in [5.74, 6) is 1.78. The molecule has 1 N–H and O–H groups in total. The van der Waals surface area contributed by atoms with Gasteiger partial charge in [0.25, 0.3) is 0 Å². The lowest BCUT2D eigenvalue weighted by Gasteiger charge is -2.20. The van der Waals surface area contributed by atoms with E-state index in [1.165, 1.54) is 16.7 Å². The fraction of sp³-hybridized carbons (Fsp3) is 0.389. The molecule has 3 rings (SSSR count). The van der Waals surface area contributed by atoms with E-state index in [-0.39, 0.29) is 0 Å². The standard InChI is InChI=1S/C18H23N3/c1-14(2)10-19-11-15-8-5-9-20-18(15)21-12-16-6-3-4-7-17(16)13-21/h3-9,14,19H,10-13H2,1-2H3. The van der Waals surface area contributed by atoms with Gasteiger partial charge < -0.3 is 10.2 Å². The van der Waals surface area contributed by atoms with Gasteiger partial charge in [-0.15, -0.1) is 0 Å². The van der Waals surface area contributed by atoms with Gasteiger partial charge in [-0.3, -0.25) is 0 Å². The van der Waals surface area contributed by atoms with Crippen molar-refractivity contribution in [2.24, 2.45) is 5.92 Å². The van der Waals surface area contributed by atoms with Gasteiger partial charge in [-0.25, -0.2) is 4.98 Å². The summed E-state index contributed by atoms with van der Waals surface area (Å²) >= 11 is 0. The molecule has 0 aliphatic carbocycles. The molecular weight excluding hydrogens is 258 g/mol. The summed E-state index contributed by atoms with van der Waals surface area (Å²) in [5.41, 5.74) is 4.12. The zero-order valence-corrected chi connectivity index (χ0v) is 12.8. The Kier molecular flexibility index (Phi) is 4.20. The third-order valence-electron chi connectivity index (χ3n) is 3.88. The molecule has 2 aromatic rings. The second kappa shape index (κ2) is 6.27. The maximum Gasteiger partial charge on any atom is 0.133 e. The number of nitrogens with one attached hydrogen (secondary N) is 1. The second-order valence-electron chi connectivity index (χ2n) is 6.14. The molecule has 1 aromatic heterocycles. The number of rotatable bonds is 5. The molecule has 3 heteroatoms. The number of anilines is 1. The molecule has 1 aliphatic heterocycles. The normalized spacial score (nSPS) is 13.8. The minimum Gasteiger partial charge on any atom is -0.348 e. The number of benzene rings is 1. The average molecular weight is 281 g/mol. The van der Waals surface area contributed by atoms with Crippen molar-refractivity contribution in [3.63, 3.8) is 0 Å². The molecule has 1 aromatic carbocycles. The highest BCUT2D eigenvalue weighted by molar-refractivity contribution is 5.51. The minimum absolute atomic E-state index is 0.668. The summed E-state index contributed by atoms with van der Waals surface area (Å²) in [6.07, 6.45) is 1.89. The van der Waals surface area contributed by atoms with Crippen molar-refractivity contribution < 1.29 is 0 Å². The number of aromatic nitrogens is 1. The Labute approximate surface area is 127 Å². The van der Waals surface area contributed by atoms with E-state index in [2.05, 4.69) is 59.4 Å². The van der Waals surface area contributed by atoms with Gasteiger partial charge in [0, 0.05) is 31.4 Å². The maximum atomic E-state index is 4.63. The molecule has 0 saturated heterocycles. The van der Waals surface area contributed by atoms with Crippen molar-refractivity contribution in [1.82, 2.24) is 10.3 Å². The summed E-state index contributed by atoms with van der Waals surface area (Å²) in [6.45, 7) is 8.31. The molecule has 3 nitrogen and oxygen atoms in total. The van der Waals surface area contributed by atoms with Crippen molar-refractivity contribution in [3.05, 3.63) is 59.3 Å². The molecule has 0 fully saturated rings. The fourth-order valence-corrected chi connectivity index (χ4v) is 2.83. The highest BCUT2D eigenvalue weighted by Gasteiger charge is 2.21. The predicted molar refractivity (Wildman–Crippen MR) is 87.1 cm³/mol. The van der Waals surface area contributed by atoms with Crippen LogP contribution in [0.1, 0.15) is 30.5 Å². The molecule has 21 heavy (non-hydrogen) atoms. The van der Waals surface area contributed by atoms with E-state index in [1.54, 1.807) is 0 Å². The third kappa shape index (κ3) is 3.24. The lowest BCUT2D eigenvalue weighted by atomic mass is 10.1. The molecule has 110 valence electrons. The molecule has 0 spiro atoms. The first-order valence-electron chi connectivity index (χ1n) is 7.70. The van der Waals surface area contributed by atoms with E-state index in [1.807, 2.05) is 12.3 Å². The third-order valence-corrected chi connectivity index (χ3v) is 3.88. The van der Waals surface area contributed by atoms with Crippen LogP contribution in [-0.2, 0) is 19.6 Å². The first-order chi connectivity index (χ1) is 10.2.